The topological polar surface area (TPSA) is 55.1 Å². The Kier molecular flexibility index (Phi) is 4.08. The molecule has 0 aliphatic heterocycles. The number of halogens is 1. The molecule has 1 aromatic heterocycles. The molecular formula is C16H17ClN2O2. The molecule has 1 heterocycles. The smallest absolute Gasteiger partial charge is 0.253 e. The largest absolute Gasteiger partial charge is 0.387 e. The molecule has 1 N–H and O–H groups in total. The van der Waals surface area contributed by atoms with Crippen LogP contribution in [-0.4, -0.2) is 14.7 Å². The summed E-state index contributed by atoms with van der Waals surface area (Å²) < 4.78 is 1.45. The first-order valence-electron chi connectivity index (χ1n) is 7.13. The molecule has 4 nitrogen and oxygen atoms in total. The zero-order chi connectivity index (χ0) is 14.8. The van der Waals surface area contributed by atoms with Crippen LogP contribution >= 0.6 is 11.6 Å². The number of aliphatic hydroxyl groups excluding tert-OH is 1. The minimum absolute atomic E-state index is 0.111. The van der Waals surface area contributed by atoms with Crippen molar-refractivity contribution in [1.82, 2.24) is 9.55 Å². The minimum atomic E-state index is -0.753. The summed E-state index contributed by atoms with van der Waals surface area (Å²) in [6.45, 7) is 0.193. The fourth-order valence-electron chi connectivity index (χ4n) is 2.48. The number of benzene rings is 1. The maximum absolute atomic E-state index is 12.1. The quantitative estimate of drug-likeness (QED) is 0.945. The van der Waals surface area contributed by atoms with Gasteiger partial charge in [-0.15, -0.1) is 0 Å². The second-order valence-corrected chi connectivity index (χ2v) is 5.94. The van der Waals surface area contributed by atoms with E-state index in [1.165, 1.54) is 17.3 Å². The Morgan fingerprint density at radius 2 is 2.05 bits per heavy atom. The van der Waals surface area contributed by atoms with E-state index in [0.717, 1.165) is 24.1 Å². The van der Waals surface area contributed by atoms with Gasteiger partial charge in [0.25, 0.3) is 5.56 Å². The molecule has 1 aliphatic carbocycles. The van der Waals surface area contributed by atoms with E-state index >= 15 is 0 Å². The lowest BCUT2D eigenvalue weighted by atomic mass is 9.83. The number of nitrogens with zero attached hydrogens (tertiary/aromatic N) is 2. The molecule has 1 aromatic carbocycles. The van der Waals surface area contributed by atoms with Gasteiger partial charge < -0.3 is 5.11 Å². The molecule has 1 fully saturated rings. The van der Waals surface area contributed by atoms with E-state index in [1.807, 2.05) is 0 Å². The third kappa shape index (κ3) is 3.17. The molecule has 2 aromatic rings. The lowest BCUT2D eigenvalue weighted by molar-refractivity contribution is 0.154. The first kappa shape index (κ1) is 14.3. The molecule has 0 saturated heterocycles. The van der Waals surface area contributed by atoms with Crippen molar-refractivity contribution in [1.29, 1.82) is 0 Å². The predicted octanol–water partition coefficient (Wildman–Crippen LogP) is 2.90. The Hall–Kier alpha value is -1.65. The van der Waals surface area contributed by atoms with Gasteiger partial charge in [-0.1, -0.05) is 30.2 Å². The first-order chi connectivity index (χ1) is 10.1. The van der Waals surface area contributed by atoms with E-state index in [2.05, 4.69) is 4.98 Å². The fraction of sp³-hybridized carbons (Fsp3) is 0.375. The van der Waals surface area contributed by atoms with Crippen LogP contribution in [0.3, 0.4) is 0 Å². The molecule has 1 unspecified atom stereocenters. The summed E-state index contributed by atoms with van der Waals surface area (Å²) in [5.74, 6) is 0.438. The number of hydrogen-bond acceptors (Lipinski definition) is 3. The molecule has 0 spiro atoms. The SMILES string of the molecule is O=c1cc(C2CCC2)ncn1CC(O)c1ccc(Cl)cc1. The Morgan fingerprint density at radius 1 is 1.33 bits per heavy atom. The summed E-state index contributed by atoms with van der Waals surface area (Å²) in [6, 6.07) is 8.56. The molecular weight excluding hydrogens is 288 g/mol. The van der Waals surface area contributed by atoms with Gasteiger partial charge in [0.2, 0.25) is 0 Å². The molecule has 1 aliphatic rings. The van der Waals surface area contributed by atoms with Gasteiger partial charge in [-0.05, 0) is 30.5 Å². The second-order valence-electron chi connectivity index (χ2n) is 5.50. The van der Waals surface area contributed by atoms with Crippen LogP contribution in [0.25, 0.3) is 0 Å². The average Bonchev–Trinajstić information content (AvgIpc) is 2.40. The van der Waals surface area contributed by atoms with Gasteiger partial charge in [0.1, 0.15) is 0 Å². The first-order valence-corrected chi connectivity index (χ1v) is 7.51. The van der Waals surface area contributed by atoms with Crippen molar-refractivity contribution in [3.63, 3.8) is 0 Å². The Labute approximate surface area is 128 Å². The Morgan fingerprint density at radius 3 is 2.62 bits per heavy atom. The van der Waals surface area contributed by atoms with Gasteiger partial charge in [0, 0.05) is 17.0 Å². The summed E-state index contributed by atoms with van der Waals surface area (Å²) in [6.07, 6.45) is 4.23. The number of aliphatic hydroxyl groups is 1. The molecule has 3 rings (SSSR count). The highest BCUT2D eigenvalue weighted by Crippen LogP contribution is 2.34. The molecule has 1 atom stereocenters. The highest BCUT2D eigenvalue weighted by Gasteiger charge is 2.21. The van der Waals surface area contributed by atoms with E-state index in [4.69, 9.17) is 11.6 Å². The Bertz CT molecular complexity index is 677. The van der Waals surface area contributed by atoms with Crippen LogP contribution in [0.15, 0.2) is 41.5 Å². The van der Waals surface area contributed by atoms with Gasteiger partial charge in [0.05, 0.1) is 24.7 Å². The molecule has 5 heteroatoms. The van der Waals surface area contributed by atoms with Crippen LogP contribution < -0.4 is 5.56 Å². The third-order valence-electron chi connectivity index (χ3n) is 4.05. The van der Waals surface area contributed by atoms with E-state index in [1.54, 1.807) is 30.3 Å². The summed E-state index contributed by atoms with van der Waals surface area (Å²) in [5.41, 5.74) is 1.50. The van der Waals surface area contributed by atoms with E-state index < -0.39 is 6.10 Å². The predicted molar refractivity (Wildman–Crippen MR) is 81.5 cm³/mol. The van der Waals surface area contributed by atoms with Crippen molar-refractivity contribution >= 4 is 11.6 Å². The molecule has 0 bridgehead atoms. The highest BCUT2D eigenvalue weighted by atomic mass is 35.5. The third-order valence-corrected chi connectivity index (χ3v) is 4.30. The van der Waals surface area contributed by atoms with Crippen LogP contribution in [0.1, 0.15) is 42.5 Å². The van der Waals surface area contributed by atoms with Crippen molar-refractivity contribution < 1.29 is 5.11 Å². The standard InChI is InChI=1S/C16H17ClN2O2/c17-13-6-4-12(5-7-13)15(20)9-19-10-18-14(8-16(19)21)11-2-1-3-11/h4-8,10-11,15,20H,1-3,9H2. The van der Waals surface area contributed by atoms with E-state index in [9.17, 15) is 9.90 Å². The van der Waals surface area contributed by atoms with Gasteiger partial charge in [-0.25, -0.2) is 4.98 Å². The zero-order valence-electron chi connectivity index (χ0n) is 11.6. The van der Waals surface area contributed by atoms with Crippen molar-refractivity contribution in [2.75, 3.05) is 0 Å². The van der Waals surface area contributed by atoms with Gasteiger partial charge >= 0.3 is 0 Å². The summed E-state index contributed by atoms with van der Waals surface area (Å²) in [7, 11) is 0. The van der Waals surface area contributed by atoms with Crippen LogP contribution in [0, 0.1) is 0 Å². The maximum atomic E-state index is 12.1. The zero-order valence-corrected chi connectivity index (χ0v) is 12.3. The van der Waals surface area contributed by atoms with E-state index in [0.29, 0.717) is 10.9 Å². The lowest BCUT2D eigenvalue weighted by Crippen LogP contribution is -2.25. The van der Waals surface area contributed by atoms with Crippen LogP contribution in [0.2, 0.25) is 5.02 Å². The monoisotopic (exact) mass is 304 g/mol. The molecule has 110 valence electrons. The molecule has 21 heavy (non-hydrogen) atoms. The van der Waals surface area contributed by atoms with Gasteiger partial charge in [-0.2, -0.15) is 0 Å². The van der Waals surface area contributed by atoms with Gasteiger partial charge in [0.15, 0.2) is 0 Å². The van der Waals surface area contributed by atoms with E-state index in [-0.39, 0.29) is 12.1 Å². The summed E-state index contributed by atoms with van der Waals surface area (Å²) in [4.78, 5) is 16.4. The van der Waals surface area contributed by atoms with Gasteiger partial charge in [-0.3, -0.25) is 9.36 Å². The van der Waals surface area contributed by atoms with Crippen molar-refractivity contribution in [2.24, 2.45) is 0 Å². The fourth-order valence-corrected chi connectivity index (χ4v) is 2.61. The van der Waals surface area contributed by atoms with Crippen molar-refractivity contribution in [2.45, 2.75) is 37.8 Å². The number of rotatable bonds is 4. The normalized spacial score (nSPS) is 16.5. The number of hydrogen-bond donors (Lipinski definition) is 1. The van der Waals surface area contributed by atoms with Crippen LogP contribution in [0.4, 0.5) is 0 Å². The highest BCUT2D eigenvalue weighted by molar-refractivity contribution is 6.30. The minimum Gasteiger partial charge on any atom is -0.387 e. The second kappa shape index (κ2) is 6.00. The average molecular weight is 305 g/mol. The van der Waals surface area contributed by atoms with Crippen molar-refractivity contribution in [3.05, 3.63) is 63.3 Å². The summed E-state index contributed by atoms with van der Waals surface area (Å²) in [5, 5.41) is 10.8. The molecule has 0 radical (unpaired) electrons. The van der Waals surface area contributed by atoms with Crippen LogP contribution in [0.5, 0.6) is 0 Å². The van der Waals surface area contributed by atoms with Crippen LogP contribution in [-0.2, 0) is 6.54 Å². The lowest BCUT2D eigenvalue weighted by Gasteiger charge is -2.24. The molecule has 1 saturated carbocycles. The maximum Gasteiger partial charge on any atom is 0.253 e. The number of aromatic nitrogens is 2. The molecule has 0 amide bonds. The Balaban J connectivity index is 1.75. The summed E-state index contributed by atoms with van der Waals surface area (Å²) >= 11 is 5.82. The van der Waals surface area contributed by atoms with Crippen molar-refractivity contribution in [3.8, 4) is 0 Å².